The van der Waals surface area contributed by atoms with E-state index in [-0.39, 0.29) is 6.04 Å². The van der Waals surface area contributed by atoms with Crippen LogP contribution in [0.3, 0.4) is 0 Å². The fraction of sp³-hybridized carbons (Fsp3) is 0.235. The molecule has 3 nitrogen and oxygen atoms in total. The zero-order valence-electron chi connectivity index (χ0n) is 11.4. The van der Waals surface area contributed by atoms with Gasteiger partial charge in [0.15, 0.2) is 5.58 Å². The number of hydrogen-bond donors (Lipinski definition) is 1. The fourth-order valence-corrected chi connectivity index (χ4v) is 2.81. The van der Waals surface area contributed by atoms with Crippen LogP contribution in [0.5, 0.6) is 0 Å². The van der Waals surface area contributed by atoms with E-state index in [2.05, 4.69) is 47.6 Å². The van der Waals surface area contributed by atoms with E-state index in [0.29, 0.717) is 0 Å². The first-order chi connectivity index (χ1) is 9.83. The van der Waals surface area contributed by atoms with Crippen molar-refractivity contribution in [3.63, 3.8) is 0 Å². The summed E-state index contributed by atoms with van der Waals surface area (Å²) in [5.41, 5.74) is 5.63. The first-order valence-electron chi connectivity index (χ1n) is 7.07. The minimum atomic E-state index is 0.143. The number of fused-ring (bicyclic) bond motifs is 2. The maximum absolute atomic E-state index is 5.91. The quantitative estimate of drug-likeness (QED) is 0.757. The van der Waals surface area contributed by atoms with E-state index < -0.39 is 0 Å². The maximum Gasteiger partial charge on any atom is 0.218 e. The smallest absolute Gasteiger partial charge is 0.218 e. The van der Waals surface area contributed by atoms with Crippen LogP contribution in [-0.2, 0) is 12.8 Å². The lowest BCUT2D eigenvalue weighted by molar-refractivity contribution is 0.497. The van der Waals surface area contributed by atoms with E-state index in [1.807, 2.05) is 12.1 Å². The minimum absolute atomic E-state index is 0.143. The number of aromatic nitrogens is 1. The molecule has 0 bridgehead atoms. The zero-order valence-corrected chi connectivity index (χ0v) is 11.4. The Morgan fingerprint density at radius 1 is 1.25 bits per heavy atom. The Morgan fingerprint density at radius 3 is 3.00 bits per heavy atom. The summed E-state index contributed by atoms with van der Waals surface area (Å²) in [4.78, 5) is 4.66. The van der Waals surface area contributed by atoms with Gasteiger partial charge in [-0.2, -0.15) is 0 Å². The number of hydrogen-bond acceptors (Lipinski definition) is 3. The Morgan fingerprint density at radius 2 is 2.15 bits per heavy atom. The zero-order chi connectivity index (χ0) is 13.5. The average molecular weight is 264 g/mol. The van der Waals surface area contributed by atoms with Gasteiger partial charge in [-0.15, -0.1) is 0 Å². The van der Waals surface area contributed by atoms with E-state index in [9.17, 15) is 0 Å². The number of para-hydroxylation sites is 1. The van der Waals surface area contributed by atoms with Gasteiger partial charge >= 0.3 is 0 Å². The van der Waals surface area contributed by atoms with E-state index in [0.717, 1.165) is 29.8 Å². The second kappa shape index (κ2) is 4.37. The van der Waals surface area contributed by atoms with Gasteiger partial charge in [0, 0.05) is 12.1 Å². The molecular formula is C17H16N2O. The minimum Gasteiger partial charge on any atom is -0.438 e. The molecular weight excluding hydrogens is 248 g/mol. The van der Waals surface area contributed by atoms with Crippen molar-refractivity contribution in [2.45, 2.75) is 25.8 Å². The molecule has 1 N–H and O–H groups in total. The van der Waals surface area contributed by atoms with Crippen molar-refractivity contribution in [1.82, 2.24) is 4.98 Å². The third kappa shape index (κ3) is 1.78. The molecule has 1 aromatic heterocycles. The molecule has 0 amide bonds. The summed E-state index contributed by atoms with van der Waals surface area (Å²) in [6.07, 6.45) is 1.95. The molecule has 2 heterocycles. The summed E-state index contributed by atoms with van der Waals surface area (Å²) < 4.78 is 5.91. The molecule has 20 heavy (non-hydrogen) atoms. The molecule has 1 unspecified atom stereocenters. The second-order valence-electron chi connectivity index (χ2n) is 5.27. The molecule has 0 spiro atoms. The lowest BCUT2D eigenvalue weighted by Crippen LogP contribution is -2.05. The monoisotopic (exact) mass is 264 g/mol. The van der Waals surface area contributed by atoms with Crippen LogP contribution < -0.4 is 5.32 Å². The summed E-state index contributed by atoms with van der Waals surface area (Å²) in [6, 6.07) is 14.8. The molecule has 3 aromatic rings. The Labute approximate surface area is 117 Å². The highest BCUT2D eigenvalue weighted by Crippen LogP contribution is 2.34. The largest absolute Gasteiger partial charge is 0.438 e. The number of rotatable bonds is 2. The number of nitrogens with zero attached hydrogens (tertiary/aromatic N) is 1. The molecule has 0 saturated carbocycles. The molecule has 0 aliphatic carbocycles. The lowest BCUT2D eigenvalue weighted by atomic mass is 10.1. The van der Waals surface area contributed by atoms with Gasteiger partial charge in [-0.1, -0.05) is 31.2 Å². The Bertz CT molecular complexity index is 751. The van der Waals surface area contributed by atoms with Crippen molar-refractivity contribution in [3.8, 4) is 0 Å². The van der Waals surface area contributed by atoms with Crippen molar-refractivity contribution < 1.29 is 4.42 Å². The van der Waals surface area contributed by atoms with Gasteiger partial charge in [0.05, 0.1) is 0 Å². The van der Waals surface area contributed by atoms with Crippen LogP contribution in [0, 0.1) is 0 Å². The number of aryl methyl sites for hydroxylation is 1. The molecule has 1 atom stereocenters. The SMILES string of the molecule is CCc1ccc2oc(C3Cc4ccccc4N3)nc2c1. The van der Waals surface area contributed by atoms with Crippen molar-refractivity contribution >= 4 is 16.8 Å². The number of anilines is 1. The Kier molecular flexibility index (Phi) is 2.52. The normalized spacial score (nSPS) is 17.1. The number of benzene rings is 2. The lowest BCUT2D eigenvalue weighted by Gasteiger charge is -2.05. The van der Waals surface area contributed by atoms with Crippen molar-refractivity contribution in [1.29, 1.82) is 0 Å². The van der Waals surface area contributed by atoms with Gasteiger partial charge in [-0.3, -0.25) is 0 Å². The van der Waals surface area contributed by atoms with Crippen LogP contribution in [-0.4, -0.2) is 4.98 Å². The fourth-order valence-electron chi connectivity index (χ4n) is 2.81. The summed E-state index contributed by atoms with van der Waals surface area (Å²) in [6.45, 7) is 2.15. The average Bonchev–Trinajstić information content (AvgIpc) is 3.09. The van der Waals surface area contributed by atoms with Gasteiger partial charge < -0.3 is 9.73 Å². The van der Waals surface area contributed by atoms with Crippen LogP contribution in [0.4, 0.5) is 5.69 Å². The summed E-state index contributed by atoms with van der Waals surface area (Å²) in [5.74, 6) is 0.782. The van der Waals surface area contributed by atoms with Crippen LogP contribution in [0.15, 0.2) is 46.9 Å². The van der Waals surface area contributed by atoms with E-state index in [1.54, 1.807) is 0 Å². The Hall–Kier alpha value is -2.29. The highest BCUT2D eigenvalue weighted by atomic mass is 16.3. The third-order valence-electron chi connectivity index (χ3n) is 3.95. The molecule has 0 radical (unpaired) electrons. The molecule has 2 aromatic carbocycles. The number of oxazole rings is 1. The first kappa shape index (κ1) is 11.5. The predicted octanol–water partition coefficient (Wildman–Crippen LogP) is 4.10. The van der Waals surface area contributed by atoms with Gasteiger partial charge in [-0.25, -0.2) is 4.98 Å². The molecule has 1 aliphatic rings. The third-order valence-corrected chi connectivity index (χ3v) is 3.95. The van der Waals surface area contributed by atoms with Crippen LogP contribution in [0.2, 0.25) is 0 Å². The summed E-state index contributed by atoms with van der Waals surface area (Å²) in [5, 5.41) is 3.48. The van der Waals surface area contributed by atoms with Gasteiger partial charge in [0.25, 0.3) is 0 Å². The summed E-state index contributed by atoms with van der Waals surface area (Å²) >= 11 is 0. The standard InChI is InChI=1S/C17H16N2O/c1-2-11-7-8-16-14(9-11)19-17(20-16)15-10-12-5-3-4-6-13(12)18-15/h3-9,15,18H,2,10H2,1H3. The van der Waals surface area contributed by atoms with E-state index in [1.165, 1.54) is 16.8 Å². The van der Waals surface area contributed by atoms with Crippen molar-refractivity contribution in [2.24, 2.45) is 0 Å². The van der Waals surface area contributed by atoms with Gasteiger partial charge in [0.1, 0.15) is 11.6 Å². The van der Waals surface area contributed by atoms with Crippen molar-refractivity contribution in [3.05, 3.63) is 59.5 Å². The molecule has 100 valence electrons. The predicted molar refractivity (Wildman–Crippen MR) is 79.9 cm³/mol. The summed E-state index contributed by atoms with van der Waals surface area (Å²) in [7, 11) is 0. The van der Waals surface area contributed by atoms with Crippen molar-refractivity contribution in [2.75, 3.05) is 5.32 Å². The Balaban J connectivity index is 1.70. The van der Waals surface area contributed by atoms with Crippen LogP contribution in [0.1, 0.15) is 30.0 Å². The van der Waals surface area contributed by atoms with E-state index >= 15 is 0 Å². The number of nitrogens with one attached hydrogen (secondary N) is 1. The van der Waals surface area contributed by atoms with E-state index in [4.69, 9.17) is 4.42 Å². The van der Waals surface area contributed by atoms with Crippen LogP contribution >= 0.6 is 0 Å². The first-order valence-corrected chi connectivity index (χ1v) is 7.07. The second-order valence-corrected chi connectivity index (χ2v) is 5.27. The molecule has 3 heteroatoms. The molecule has 0 fully saturated rings. The molecule has 4 rings (SSSR count). The molecule has 0 saturated heterocycles. The highest BCUT2D eigenvalue weighted by Gasteiger charge is 2.25. The topological polar surface area (TPSA) is 38.1 Å². The van der Waals surface area contributed by atoms with Crippen LogP contribution in [0.25, 0.3) is 11.1 Å². The highest BCUT2D eigenvalue weighted by molar-refractivity contribution is 5.73. The maximum atomic E-state index is 5.91. The van der Waals surface area contributed by atoms with Gasteiger partial charge in [-0.05, 0) is 35.7 Å². The van der Waals surface area contributed by atoms with Gasteiger partial charge in [0.2, 0.25) is 5.89 Å². The molecule has 1 aliphatic heterocycles.